The topological polar surface area (TPSA) is 63.1 Å². The molecule has 0 aliphatic carbocycles. The van der Waals surface area contributed by atoms with Crippen molar-refractivity contribution in [1.29, 1.82) is 0 Å². The summed E-state index contributed by atoms with van der Waals surface area (Å²) in [6.45, 7) is 1.58. The molecule has 0 fully saturated rings. The molecule has 0 bridgehead atoms. The number of ketones is 1. The normalized spacial score (nSPS) is 13.9. The lowest BCUT2D eigenvalue weighted by Gasteiger charge is -2.21. The fourth-order valence-electron chi connectivity index (χ4n) is 1.70. The lowest BCUT2D eigenvalue weighted by atomic mass is 9.94. The number of nitrogens with zero attached hydrogens (tertiary/aromatic N) is 2. The second-order valence-electron chi connectivity index (χ2n) is 4.30. The lowest BCUT2D eigenvalue weighted by Crippen LogP contribution is -2.26. The molecule has 0 saturated heterocycles. The molecule has 0 saturated carbocycles. The average Bonchev–Trinajstić information content (AvgIpc) is 2.40. The molecule has 0 amide bonds. The van der Waals surface area contributed by atoms with Crippen molar-refractivity contribution in [3.63, 3.8) is 0 Å². The van der Waals surface area contributed by atoms with Crippen LogP contribution in [0.25, 0.3) is 0 Å². The van der Waals surface area contributed by atoms with E-state index in [2.05, 4.69) is 9.97 Å². The Balaban J connectivity index is 2.17. The predicted molar refractivity (Wildman–Crippen MR) is 67.0 cm³/mol. The van der Waals surface area contributed by atoms with E-state index in [-0.39, 0.29) is 12.2 Å². The molecule has 0 aliphatic heterocycles. The van der Waals surface area contributed by atoms with Gasteiger partial charge in [-0.3, -0.25) is 14.8 Å². The van der Waals surface area contributed by atoms with Crippen molar-refractivity contribution in [2.75, 3.05) is 0 Å². The van der Waals surface area contributed by atoms with Crippen molar-refractivity contribution in [2.24, 2.45) is 0 Å². The third-order valence-electron chi connectivity index (χ3n) is 2.67. The van der Waals surface area contributed by atoms with Gasteiger partial charge in [-0.1, -0.05) is 12.1 Å². The number of aliphatic hydroxyl groups is 1. The molecule has 0 aliphatic rings. The van der Waals surface area contributed by atoms with E-state index in [9.17, 15) is 9.90 Å². The maximum absolute atomic E-state index is 12.0. The molecule has 2 aromatic rings. The molecule has 2 rings (SSSR count). The van der Waals surface area contributed by atoms with Crippen LogP contribution in [0, 0.1) is 0 Å². The van der Waals surface area contributed by atoms with Gasteiger partial charge in [-0.05, 0) is 31.2 Å². The highest BCUT2D eigenvalue weighted by molar-refractivity contribution is 5.94. The summed E-state index contributed by atoms with van der Waals surface area (Å²) in [6, 6.07) is 10.4. The van der Waals surface area contributed by atoms with E-state index < -0.39 is 5.60 Å². The second-order valence-corrected chi connectivity index (χ2v) is 4.30. The predicted octanol–water partition coefficient (Wildman–Crippen LogP) is 1.96. The van der Waals surface area contributed by atoms with E-state index in [1.165, 1.54) is 0 Å². The Hall–Kier alpha value is -2.07. The summed E-state index contributed by atoms with van der Waals surface area (Å²) in [6.07, 6.45) is 3.11. The van der Waals surface area contributed by atoms with Crippen molar-refractivity contribution in [1.82, 2.24) is 9.97 Å². The number of carbonyl (C=O) groups is 1. The Kier molecular flexibility index (Phi) is 3.48. The van der Waals surface area contributed by atoms with Gasteiger partial charge in [0, 0.05) is 18.8 Å². The highest BCUT2D eigenvalue weighted by atomic mass is 16.3. The van der Waals surface area contributed by atoms with Gasteiger partial charge in [0.15, 0.2) is 5.78 Å². The summed E-state index contributed by atoms with van der Waals surface area (Å²) in [4.78, 5) is 20.0. The van der Waals surface area contributed by atoms with Crippen LogP contribution in [-0.4, -0.2) is 20.9 Å². The SMILES string of the molecule is CC(O)(CC(=O)c1ccccn1)c1ccccn1. The molecule has 1 N–H and O–H groups in total. The Labute approximate surface area is 105 Å². The summed E-state index contributed by atoms with van der Waals surface area (Å²) >= 11 is 0. The Morgan fingerprint density at radius 2 is 1.83 bits per heavy atom. The molecule has 0 aromatic carbocycles. The number of Topliss-reactive ketones (excluding diaryl/α,β-unsaturated/α-hetero) is 1. The second kappa shape index (κ2) is 5.06. The number of carbonyl (C=O) groups excluding carboxylic acids is 1. The van der Waals surface area contributed by atoms with E-state index in [1.807, 2.05) is 0 Å². The fraction of sp³-hybridized carbons (Fsp3) is 0.214. The van der Waals surface area contributed by atoms with E-state index in [1.54, 1.807) is 55.7 Å². The summed E-state index contributed by atoms with van der Waals surface area (Å²) < 4.78 is 0. The molecule has 0 spiro atoms. The van der Waals surface area contributed by atoms with Crippen LogP contribution in [-0.2, 0) is 5.60 Å². The smallest absolute Gasteiger partial charge is 0.184 e. The highest BCUT2D eigenvalue weighted by Gasteiger charge is 2.28. The van der Waals surface area contributed by atoms with Crippen molar-refractivity contribution in [3.8, 4) is 0 Å². The van der Waals surface area contributed by atoms with Crippen LogP contribution in [0.2, 0.25) is 0 Å². The number of pyridine rings is 2. The van der Waals surface area contributed by atoms with Gasteiger partial charge in [-0.25, -0.2) is 0 Å². The lowest BCUT2D eigenvalue weighted by molar-refractivity contribution is 0.0396. The monoisotopic (exact) mass is 242 g/mol. The van der Waals surface area contributed by atoms with Crippen LogP contribution in [0.15, 0.2) is 48.8 Å². The van der Waals surface area contributed by atoms with Crippen LogP contribution in [0.4, 0.5) is 0 Å². The molecule has 2 heterocycles. The Bertz CT molecular complexity index is 524. The van der Waals surface area contributed by atoms with E-state index in [0.717, 1.165) is 0 Å². The summed E-state index contributed by atoms with van der Waals surface area (Å²) in [5.74, 6) is -0.203. The van der Waals surface area contributed by atoms with Crippen molar-refractivity contribution < 1.29 is 9.90 Å². The molecule has 2 aromatic heterocycles. The van der Waals surface area contributed by atoms with Crippen molar-refractivity contribution in [3.05, 3.63) is 60.2 Å². The molecule has 18 heavy (non-hydrogen) atoms. The van der Waals surface area contributed by atoms with Crippen LogP contribution in [0.5, 0.6) is 0 Å². The fourth-order valence-corrected chi connectivity index (χ4v) is 1.70. The van der Waals surface area contributed by atoms with Crippen molar-refractivity contribution in [2.45, 2.75) is 18.9 Å². The zero-order valence-electron chi connectivity index (χ0n) is 10.1. The third-order valence-corrected chi connectivity index (χ3v) is 2.67. The largest absolute Gasteiger partial charge is 0.383 e. The minimum atomic E-state index is -1.28. The first-order valence-corrected chi connectivity index (χ1v) is 5.68. The van der Waals surface area contributed by atoms with Gasteiger partial charge in [-0.2, -0.15) is 0 Å². The maximum Gasteiger partial charge on any atom is 0.184 e. The van der Waals surface area contributed by atoms with Gasteiger partial charge in [0.05, 0.1) is 5.69 Å². The van der Waals surface area contributed by atoms with Gasteiger partial charge >= 0.3 is 0 Å². The van der Waals surface area contributed by atoms with E-state index >= 15 is 0 Å². The minimum absolute atomic E-state index is 0.0406. The number of hydrogen-bond donors (Lipinski definition) is 1. The molecule has 0 radical (unpaired) electrons. The molecule has 1 unspecified atom stereocenters. The highest BCUT2D eigenvalue weighted by Crippen LogP contribution is 2.23. The van der Waals surface area contributed by atoms with Gasteiger partial charge in [-0.15, -0.1) is 0 Å². The third kappa shape index (κ3) is 2.78. The van der Waals surface area contributed by atoms with Gasteiger partial charge in [0.2, 0.25) is 0 Å². The summed E-state index contributed by atoms with van der Waals surface area (Å²) in [7, 11) is 0. The zero-order valence-corrected chi connectivity index (χ0v) is 10.1. The van der Waals surface area contributed by atoms with Crippen molar-refractivity contribution >= 4 is 5.78 Å². The zero-order chi connectivity index (χ0) is 13.0. The number of aromatic nitrogens is 2. The first kappa shape index (κ1) is 12.4. The Morgan fingerprint density at radius 3 is 2.39 bits per heavy atom. The molecular weight excluding hydrogens is 228 g/mol. The first-order valence-electron chi connectivity index (χ1n) is 5.68. The van der Waals surface area contributed by atoms with Crippen LogP contribution >= 0.6 is 0 Å². The quantitative estimate of drug-likeness (QED) is 0.832. The Morgan fingerprint density at radius 1 is 1.17 bits per heavy atom. The molecule has 92 valence electrons. The average molecular weight is 242 g/mol. The van der Waals surface area contributed by atoms with E-state index in [4.69, 9.17) is 0 Å². The minimum Gasteiger partial charge on any atom is -0.383 e. The maximum atomic E-state index is 12.0. The first-order chi connectivity index (χ1) is 8.59. The molecular formula is C14H14N2O2. The number of rotatable bonds is 4. The summed E-state index contributed by atoms with van der Waals surface area (Å²) in [5, 5.41) is 10.3. The van der Waals surface area contributed by atoms with Crippen LogP contribution in [0.3, 0.4) is 0 Å². The molecule has 4 heteroatoms. The van der Waals surface area contributed by atoms with Crippen LogP contribution in [0.1, 0.15) is 29.5 Å². The number of hydrogen-bond acceptors (Lipinski definition) is 4. The van der Waals surface area contributed by atoms with Crippen LogP contribution < -0.4 is 0 Å². The molecule has 4 nitrogen and oxygen atoms in total. The van der Waals surface area contributed by atoms with E-state index in [0.29, 0.717) is 11.4 Å². The van der Waals surface area contributed by atoms with Gasteiger partial charge < -0.3 is 5.11 Å². The molecule has 1 atom stereocenters. The van der Waals surface area contributed by atoms with Gasteiger partial charge in [0.1, 0.15) is 11.3 Å². The van der Waals surface area contributed by atoms with Gasteiger partial charge in [0.25, 0.3) is 0 Å². The standard InChI is InChI=1S/C14H14N2O2/c1-14(18,13-7-3-5-9-16-13)10-12(17)11-6-2-4-8-15-11/h2-9,18H,10H2,1H3. The summed E-state index contributed by atoms with van der Waals surface area (Å²) in [5.41, 5.74) is -0.446.